The van der Waals surface area contributed by atoms with E-state index < -0.39 is 17.8 Å². The first-order chi connectivity index (χ1) is 8.92. The third kappa shape index (κ3) is 3.43. The molecule has 1 aromatic carbocycles. The molecule has 0 aromatic heterocycles. The van der Waals surface area contributed by atoms with E-state index in [0.717, 1.165) is 24.0 Å². The number of hydrogen-bond acceptors (Lipinski definition) is 2. The van der Waals surface area contributed by atoms with Gasteiger partial charge >= 0.3 is 5.97 Å². The zero-order valence-corrected chi connectivity index (χ0v) is 12.1. The summed E-state index contributed by atoms with van der Waals surface area (Å²) in [4.78, 5) is 23.5. The average molecular weight is 262 g/mol. The Morgan fingerprint density at radius 1 is 1.11 bits per heavy atom. The van der Waals surface area contributed by atoms with Gasteiger partial charge in [0.25, 0.3) is 0 Å². The summed E-state index contributed by atoms with van der Waals surface area (Å²) in [6.07, 6.45) is 1.65. The van der Waals surface area contributed by atoms with Crippen molar-refractivity contribution in [3.8, 4) is 0 Å². The van der Waals surface area contributed by atoms with Gasteiger partial charge in [-0.1, -0.05) is 39.8 Å². The van der Waals surface area contributed by atoms with Gasteiger partial charge in [-0.05, 0) is 30.0 Å². The van der Waals surface area contributed by atoms with Crippen LogP contribution in [0.4, 0.5) is 0 Å². The minimum Gasteiger partial charge on any atom is -0.481 e. The summed E-state index contributed by atoms with van der Waals surface area (Å²) in [7, 11) is 0. The van der Waals surface area contributed by atoms with Crippen molar-refractivity contribution in [3.05, 3.63) is 34.9 Å². The van der Waals surface area contributed by atoms with Gasteiger partial charge in [-0.15, -0.1) is 0 Å². The number of carboxylic acid groups (broad SMARTS) is 1. The van der Waals surface area contributed by atoms with E-state index in [9.17, 15) is 9.59 Å². The molecule has 0 saturated heterocycles. The van der Waals surface area contributed by atoms with Crippen LogP contribution in [0.1, 0.15) is 49.2 Å². The lowest BCUT2D eigenvalue weighted by molar-refractivity contribution is -0.142. The average Bonchev–Trinajstić information content (AvgIpc) is 2.43. The highest BCUT2D eigenvalue weighted by Gasteiger charge is 2.27. The maximum Gasteiger partial charge on any atom is 0.306 e. The van der Waals surface area contributed by atoms with E-state index in [-0.39, 0.29) is 5.78 Å². The van der Waals surface area contributed by atoms with Crippen molar-refractivity contribution in [2.75, 3.05) is 0 Å². The summed E-state index contributed by atoms with van der Waals surface area (Å²) >= 11 is 0. The molecule has 0 fully saturated rings. The predicted molar refractivity (Wildman–Crippen MR) is 75.5 cm³/mol. The van der Waals surface area contributed by atoms with E-state index in [1.54, 1.807) is 13.8 Å². The van der Waals surface area contributed by atoms with E-state index >= 15 is 0 Å². The van der Waals surface area contributed by atoms with Gasteiger partial charge in [0.1, 0.15) is 0 Å². The number of aryl methyl sites for hydroxylation is 2. The van der Waals surface area contributed by atoms with Crippen LogP contribution in [0.3, 0.4) is 0 Å². The number of carbonyl (C=O) groups excluding carboxylic acids is 1. The molecule has 2 unspecified atom stereocenters. The molecule has 2 atom stereocenters. The number of carbonyl (C=O) groups is 2. The van der Waals surface area contributed by atoms with Gasteiger partial charge in [-0.25, -0.2) is 0 Å². The number of aliphatic carboxylic acids is 1. The second kappa shape index (κ2) is 6.50. The molecular weight excluding hydrogens is 240 g/mol. The van der Waals surface area contributed by atoms with Gasteiger partial charge in [0, 0.05) is 11.5 Å². The van der Waals surface area contributed by atoms with Gasteiger partial charge in [0.05, 0.1) is 5.92 Å². The van der Waals surface area contributed by atoms with E-state index in [1.807, 2.05) is 32.0 Å². The molecule has 3 heteroatoms. The van der Waals surface area contributed by atoms with Gasteiger partial charge in [0.15, 0.2) is 5.78 Å². The number of ketones is 1. The Kier molecular flexibility index (Phi) is 5.28. The summed E-state index contributed by atoms with van der Waals surface area (Å²) in [6, 6.07) is 5.91. The van der Waals surface area contributed by atoms with Crippen molar-refractivity contribution >= 4 is 11.8 Å². The maximum atomic E-state index is 12.5. The third-order valence-electron chi connectivity index (χ3n) is 3.78. The Bertz CT molecular complexity index is 477. The molecule has 1 rings (SSSR count). The quantitative estimate of drug-likeness (QED) is 0.800. The monoisotopic (exact) mass is 262 g/mol. The molecule has 1 N–H and O–H groups in total. The maximum absolute atomic E-state index is 12.5. The second-order valence-corrected chi connectivity index (χ2v) is 4.98. The molecule has 0 bridgehead atoms. The first-order valence-corrected chi connectivity index (χ1v) is 6.81. The van der Waals surface area contributed by atoms with Crippen molar-refractivity contribution in [2.24, 2.45) is 11.8 Å². The molecule has 0 spiro atoms. The third-order valence-corrected chi connectivity index (χ3v) is 3.78. The van der Waals surface area contributed by atoms with Crippen LogP contribution < -0.4 is 0 Å². The fraction of sp³-hybridized carbons (Fsp3) is 0.500. The number of Topliss-reactive ketones (excluding diaryl/α,β-unsaturated/α-hetero) is 1. The molecular formula is C16H22O3. The van der Waals surface area contributed by atoms with E-state index in [2.05, 4.69) is 0 Å². The molecule has 0 heterocycles. The van der Waals surface area contributed by atoms with E-state index in [0.29, 0.717) is 5.56 Å². The smallest absolute Gasteiger partial charge is 0.306 e. The van der Waals surface area contributed by atoms with Crippen LogP contribution in [-0.2, 0) is 17.6 Å². The second-order valence-electron chi connectivity index (χ2n) is 4.98. The first-order valence-electron chi connectivity index (χ1n) is 6.81. The van der Waals surface area contributed by atoms with Crippen LogP contribution in [0, 0.1) is 11.8 Å². The van der Waals surface area contributed by atoms with Crippen molar-refractivity contribution in [3.63, 3.8) is 0 Å². The van der Waals surface area contributed by atoms with Crippen LogP contribution in [0.5, 0.6) is 0 Å². The lowest BCUT2D eigenvalue weighted by Gasteiger charge is -2.17. The van der Waals surface area contributed by atoms with Crippen molar-refractivity contribution in [1.29, 1.82) is 0 Å². The van der Waals surface area contributed by atoms with Gasteiger partial charge in [0.2, 0.25) is 0 Å². The van der Waals surface area contributed by atoms with Gasteiger partial charge in [-0.3, -0.25) is 9.59 Å². The highest BCUT2D eigenvalue weighted by molar-refractivity contribution is 6.01. The Morgan fingerprint density at radius 2 is 1.74 bits per heavy atom. The minimum absolute atomic E-state index is 0.0675. The predicted octanol–water partition coefficient (Wildman–Crippen LogP) is 3.35. The van der Waals surface area contributed by atoms with E-state index in [4.69, 9.17) is 5.11 Å². The first kappa shape index (κ1) is 15.4. The molecule has 1 aromatic rings. The summed E-state index contributed by atoms with van der Waals surface area (Å²) in [5.41, 5.74) is 2.78. The summed E-state index contributed by atoms with van der Waals surface area (Å²) < 4.78 is 0. The molecule has 3 nitrogen and oxygen atoms in total. The Morgan fingerprint density at radius 3 is 2.21 bits per heavy atom. The fourth-order valence-corrected chi connectivity index (χ4v) is 2.07. The number of hydrogen-bond donors (Lipinski definition) is 1. The Balaban J connectivity index is 3.13. The van der Waals surface area contributed by atoms with Crippen molar-refractivity contribution < 1.29 is 14.7 Å². The van der Waals surface area contributed by atoms with Crippen molar-refractivity contribution in [2.45, 2.75) is 40.5 Å². The molecule has 0 aliphatic carbocycles. The Hall–Kier alpha value is -1.64. The molecule has 0 aliphatic rings. The van der Waals surface area contributed by atoms with Crippen LogP contribution >= 0.6 is 0 Å². The Labute approximate surface area is 114 Å². The van der Waals surface area contributed by atoms with Gasteiger partial charge in [-0.2, -0.15) is 0 Å². The zero-order valence-electron chi connectivity index (χ0n) is 12.1. The van der Waals surface area contributed by atoms with E-state index in [1.165, 1.54) is 0 Å². The van der Waals surface area contributed by atoms with Crippen LogP contribution in [0.25, 0.3) is 0 Å². The molecule has 19 heavy (non-hydrogen) atoms. The van der Waals surface area contributed by atoms with Gasteiger partial charge < -0.3 is 5.11 Å². The normalized spacial score (nSPS) is 13.9. The number of benzene rings is 1. The lowest BCUT2D eigenvalue weighted by Crippen LogP contribution is -2.26. The molecule has 0 saturated carbocycles. The topological polar surface area (TPSA) is 54.4 Å². The number of rotatable bonds is 6. The standard InChI is InChI=1S/C16H22O3/c1-5-12-7-8-13(6-2)14(9-12)15(17)10(3)11(4)16(18)19/h7-11H,5-6H2,1-4H3,(H,18,19). The SMILES string of the molecule is CCc1ccc(CC)c(C(=O)C(C)C(C)C(=O)O)c1. The number of carboxylic acids is 1. The lowest BCUT2D eigenvalue weighted by atomic mass is 9.85. The van der Waals surface area contributed by atoms with Crippen LogP contribution in [-0.4, -0.2) is 16.9 Å². The van der Waals surface area contributed by atoms with Crippen LogP contribution in [0.2, 0.25) is 0 Å². The molecule has 104 valence electrons. The van der Waals surface area contributed by atoms with Crippen LogP contribution in [0.15, 0.2) is 18.2 Å². The summed E-state index contributed by atoms with van der Waals surface area (Å²) in [5, 5.41) is 9.02. The highest BCUT2D eigenvalue weighted by Crippen LogP contribution is 2.22. The molecule has 0 radical (unpaired) electrons. The fourth-order valence-electron chi connectivity index (χ4n) is 2.07. The zero-order chi connectivity index (χ0) is 14.6. The minimum atomic E-state index is -0.925. The summed E-state index contributed by atoms with van der Waals surface area (Å²) in [5.74, 6) is -2.16. The molecule has 0 aliphatic heterocycles. The molecule has 0 amide bonds. The summed E-state index contributed by atoms with van der Waals surface area (Å²) in [6.45, 7) is 7.32. The van der Waals surface area contributed by atoms with Crippen molar-refractivity contribution in [1.82, 2.24) is 0 Å². The largest absolute Gasteiger partial charge is 0.481 e. The highest BCUT2D eigenvalue weighted by atomic mass is 16.4.